The molecule has 186 valence electrons. The number of benzene rings is 3. The highest BCUT2D eigenvalue weighted by molar-refractivity contribution is 5.98. The quantitative estimate of drug-likeness (QED) is 0.366. The van der Waals surface area contributed by atoms with E-state index in [0.717, 1.165) is 5.56 Å². The average molecular weight is 488 g/mol. The summed E-state index contributed by atoms with van der Waals surface area (Å²) in [6.07, 6.45) is 0.812. The molecule has 3 aromatic carbocycles. The minimum absolute atomic E-state index is 0.0250. The van der Waals surface area contributed by atoms with Crippen molar-refractivity contribution in [1.82, 2.24) is 4.57 Å². The number of carbonyl (C=O) groups excluding carboxylic acids is 2. The van der Waals surface area contributed by atoms with E-state index in [1.807, 2.05) is 30.3 Å². The first-order valence-corrected chi connectivity index (χ1v) is 11.6. The Morgan fingerprint density at radius 3 is 2.17 bits per heavy atom. The van der Waals surface area contributed by atoms with Gasteiger partial charge in [0.2, 0.25) is 5.60 Å². The zero-order valence-electron chi connectivity index (χ0n) is 20.7. The molecule has 0 saturated heterocycles. The number of methoxy groups -OCH3 is 1. The molecular formula is C29H29NO6. The average Bonchev–Trinajstić information content (AvgIpc) is 3.27. The van der Waals surface area contributed by atoms with Crippen molar-refractivity contribution in [3.05, 3.63) is 102 Å². The highest BCUT2D eigenvalue weighted by Crippen LogP contribution is 2.38. The second-order valence-corrected chi connectivity index (χ2v) is 9.41. The van der Waals surface area contributed by atoms with Crippen molar-refractivity contribution in [3.8, 4) is 5.75 Å². The molecule has 0 aliphatic rings. The standard InChI is InChI=1S/C29H29NO6/c1-28(2,3)36-27(32)30-18-24(23-12-8-9-13-25(23)30)29(33,21-14-16-22(34-4)17-15-21)26(31)35-19-20-10-6-5-7-11-20/h5-18,33H,19H2,1-4H3/t29-/m1/s1. The van der Waals surface area contributed by atoms with Crippen LogP contribution in [-0.4, -0.2) is 34.4 Å². The van der Waals surface area contributed by atoms with Gasteiger partial charge in [-0.25, -0.2) is 9.59 Å². The van der Waals surface area contributed by atoms with Gasteiger partial charge in [-0.3, -0.25) is 4.57 Å². The van der Waals surface area contributed by atoms with Gasteiger partial charge in [0.15, 0.2) is 0 Å². The third kappa shape index (κ3) is 4.97. The number of ether oxygens (including phenoxy) is 3. The molecule has 0 aliphatic heterocycles. The van der Waals surface area contributed by atoms with Gasteiger partial charge in [0.1, 0.15) is 18.0 Å². The van der Waals surface area contributed by atoms with Crippen molar-refractivity contribution in [1.29, 1.82) is 0 Å². The Balaban J connectivity index is 1.85. The number of para-hydroxylation sites is 1. The third-order valence-corrected chi connectivity index (χ3v) is 5.71. The van der Waals surface area contributed by atoms with Crippen molar-refractivity contribution in [3.63, 3.8) is 0 Å². The van der Waals surface area contributed by atoms with Crippen LogP contribution in [0.5, 0.6) is 5.75 Å². The molecule has 7 nitrogen and oxygen atoms in total. The maximum Gasteiger partial charge on any atom is 0.419 e. The number of rotatable bonds is 6. The summed E-state index contributed by atoms with van der Waals surface area (Å²) < 4.78 is 17.7. The lowest BCUT2D eigenvalue weighted by Crippen LogP contribution is -2.38. The van der Waals surface area contributed by atoms with Gasteiger partial charge in [0, 0.05) is 17.1 Å². The number of hydrogen-bond acceptors (Lipinski definition) is 6. The van der Waals surface area contributed by atoms with E-state index >= 15 is 0 Å². The van der Waals surface area contributed by atoms with Crippen LogP contribution in [0.4, 0.5) is 4.79 Å². The molecule has 36 heavy (non-hydrogen) atoms. The lowest BCUT2D eigenvalue weighted by Gasteiger charge is -2.27. The molecule has 1 N–H and O–H groups in total. The van der Waals surface area contributed by atoms with Gasteiger partial charge >= 0.3 is 12.1 Å². The van der Waals surface area contributed by atoms with Crippen LogP contribution in [0.2, 0.25) is 0 Å². The molecule has 0 saturated carbocycles. The number of aliphatic hydroxyl groups is 1. The minimum Gasteiger partial charge on any atom is -0.497 e. The third-order valence-electron chi connectivity index (χ3n) is 5.71. The largest absolute Gasteiger partial charge is 0.497 e. The molecule has 1 atom stereocenters. The van der Waals surface area contributed by atoms with Crippen molar-refractivity contribution >= 4 is 23.0 Å². The Kier molecular flexibility index (Phi) is 6.86. The molecule has 7 heteroatoms. The lowest BCUT2D eigenvalue weighted by molar-refractivity contribution is -0.163. The normalized spacial score (nSPS) is 13.1. The van der Waals surface area contributed by atoms with Crippen LogP contribution in [-0.2, 0) is 26.5 Å². The second-order valence-electron chi connectivity index (χ2n) is 9.41. The highest BCUT2D eigenvalue weighted by Gasteiger charge is 2.44. The smallest absolute Gasteiger partial charge is 0.419 e. The van der Waals surface area contributed by atoms with Crippen LogP contribution in [0.15, 0.2) is 85.1 Å². The van der Waals surface area contributed by atoms with Crippen LogP contribution in [0.3, 0.4) is 0 Å². The minimum atomic E-state index is -2.21. The fourth-order valence-corrected chi connectivity index (χ4v) is 3.97. The van der Waals surface area contributed by atoms with Gasteiger partial charge in [0.25, 0.3) is 0 Å². The van der Waals surface area contributed by atoms with Crippen molar-refractivity contribution in [2.75, 3.05) is 7.11 Å². The van der Waals surface area contributed by atoms with E-state index in [9.17, 15) is 14.7 Å². The number of fused-ring (bicyclic) bond motifs is 1. The summed E-state index contributed by atoms with van der Waals surface area (Å²) in [5.74, 6) is -0.307. The summed E-state index contributed by atoms with van der Waals surface area (Å²) in [6, 6.07) is 22.7. The van der Waals surface area contributed by atoms with Crippen LogP contribution in [0.25, 0.3) is 10.9 Å². The predicted molar refractivity (Wildman–Crippen MR) is 136 cm³/mol. The molecule has 0 fully saturated rings. The number of esters is 1. The van der Waals surface area contributed by atoms with E-state index in [1.54, 1.807) is 69.3 Å². The van der Waals surface area contributed by atoms with Gasteiger partial charge in [-0.15, -0.1) is 0 Å². The SMILES string of the molecule is COc1ccc([C@](O)(C(=O)OCc2ccccc2)c2cn(C(=O)OC(C)(C)C)c3ccccc23)cc1. The van der Waals surface area contributed by atoms with Crippen LogP contribution >= 0.6 is 0 Å². The molecule has 1 aromatic heterocycles. The van der Waals surface area contributed by atoms with E-state index in [1.165, 1.54) is 17.9 Å². The monoisotopic (exact) mass is 487 g/mol. The van der Waals surface area contributed by atoms with Gasteiger partial charge in [-0.05, 0) is 50.1 Å². The summed E-state index contributed by atoms with van der Waals surface area (Å²) in [6.45, 7) is 5.28. The van der Waals surface area contributed by atoms with Crippen molar-refractivity contribution < 1.29 is 28.9 Å². The Morgan fingerprint density at radius 1 is 0.889 bits per heavy atom. The summed E-state index contributed by atoms with van der Waals surface area (Å²) in [4.78, 5) is 26.7. The van der Waals surface area contributed by atoms with Gasteiger partial charge in [-0.2, -0.15) is 0 Å². The molecular weight excluding hydrogens is 458 g/mol. The molecule has 4 rings (SSSR count). The number of hydrogen-bond donors (Lipinski definition) is 1. The van der Waals surface area contributed by atoms with Crippen molar-refractivity contribution in [2.24, 2.45) is 0 Å². The zero-order chi connectivity index (χ0) is 25.9. The molecule has 0 amide bonds. The Bertz CT molecular complexity index is 1370. The fourth-order valence-electron chi connectivity index (χ4n) is 3.97. The van der Waals surface area contributed by atoms with Crippen LogP contribution in [0.1, 0.15) is 37.5 Å². The Morgan fingerprint density at radius 2 is 1.53 bits per heavy atom. The van der Waals surface area contributed by atoms with Gasteiger partial charge in [0.05, 0.1) is 12.6 Å². The predicted octanol–water partition coefficient (Wildman–Crippen LogP) is 5.41. The van der Waals surface area contributed by atoms with Crippen LogP contribution in [0, 0.1) is 0 Å². The summed E-state index contributed by atoms with van der Waals surface area (Å²) in [5, 5.41) is 12.6. The number of nitrogens with zero attached hydrogens (tertiary/aromatic N) is 1. The fraction of sp³-hybridized carbons (Fsp3) is 0.241. The molecule has 0 unspecified atom stereocenters. The maximum absolute atomic E-state index is 13.6. The van der Waals surface area contributed by atoms with Crippen molar-refractivity contribution in [2.45, 2.75) is 38.6 Å². The first-order chi connectivity index (χ1) is 17.1. The van der Waals surface area contributed by atoms with E-state index in [-0.39, 0.29) is 17.7 Å². The van der Waals surface area contributed by atoms with E-state index in [2.05, 4.69) is 0 Å². The number of carbonyl (C=O) groups is 2. The topological polar surface area (TPSA) is 87.0 Å². The zero-order valence-corrected chi connectivity index (χ0v) is 20.7. The first kappa shape index (κ1) is 25.0. The summed E-state index contributed by atoms with van der Waals surface area (Å²) in [7, 11) is 1.53. The van der Waals surface area contributed by atoms with E-state index in [0.29, 0.717) is 16.7 Å². The van der Waals surface area contributed by atoms with Crippen LogP contribution < -0.4 is 4.74 Å². The molecule has 0 bridgehead atoms. The van der Waals surface area contributed by atoms with Gasteiger partial charge in [-0.1, -0.05) is 60.7 Å². The molecule has 4 aromatic rings. The Hall–Kier alpha value is -4.10. The molecule has 0 aliphatic carbocycles. The molecule has 0 radical (unpaired) electrons. The second kappa shape index (κ2) is 9.87. The maximum atomic E-state index is 13.6. The first-order valence-electron chi connectivity index (χ1n) is 11.6. The summed E-state index contributed by atoms with van der Waals surface area (Å²) in [5.41, 5.74) is -1.21. The summed E-state index contributed by atoms with van der Waals surface area (Å²) >= 11 is 0. The Labute approximate surface area is 209 Å². The van der Waals surface area contributed by atoms with E-state index < -0.39 is 23.3 Å². The van der Waals surface area contributed by atoms with Gasteiger partial charge < -0.3 is 19.3 Å². The number of aromatic nitrogens is 1. The molecule has 1 heterocycles. The van der Waals surface area contributed by atoms with E-state index in [4.69, 9.17) is 14.2 Å². The lowest BCUT2D eigenvalue weighted by atomic mass is 9.86. The highest BCUT2D eigenvalue weighted by atomic mass is 16.6. The molecule has 0 spiro atoms.